The summed E-state index contributed by atoms with van der Waals surface area (Å²) in [5, 5.41) is 7.55. The molecule has 0 spiro atoms. The predicted molar refractivity (Wildman–Crippen MR) is 115 cm³/mol. The van der Waals surface area contributed by atoms with Crippen molar-refractivity contribution in [2.24, 2.45) is 0 Å². The minimum absolute atomic E-state index is 0.174. The molecule has 0 amide bonds. The number of nitrogens with one attached hydrogen (secondary N) is 2. The van der Waals surface area contributed by atoms with Crippen molar-refractivity contribution >= 4 is 33.2 Å². The van der Waals surface area contributed by atoms with Gasteiger partial charge in [-0.3, -0.25) is 4.98 Å². The first-order chi connectivity index (χ1) is 14.2. The van der Waals surface area contributed by atoms with E-state index in [0.717, 1.165) is 45.9 Å². The smallest absolute Gasteiger partial charge is 0.215 e. The van der Waals surface area contributed by atoms with E-state index in [4.69, 9.17) is 9.72 Å². The van der Waals surface area contributed by atoms with Gasteiger partial charge in [-0.1, -0.05) is 0 Å². The Bertz CT molecular complexity index is 1140. The molecule has 1 atom stereocenters. The first kappa shape index (κ1) is 18.0. The number of fused-ring (bicyclic) bond motifs is 1. The average Bonchev–Trinajstić information content (AvgIpc) is 3.37. The van der Waals surface area contributed by atoms with Gasteiger partial charge < -0.3 is 15.4 Å². The maximum absolute atomic E-state index is 6.01. The number of ether oxygens (including phenoxy) is 1. The Balaban J connectivity index is 1.39. The van der Waals surface area contributed by atoms with E-state index in [9.17, 15) is 0 Å². The van der Waals surface area contributed by atoms with Crippen molar-refractivity contribution in [2.75, 3.05) is 18.4 Å². The van der Waals surface area contributed by atoms with E-state index in [1.165, 1.54) is 0 Å². The van der Waals surface area contributed by atoms with Gasteiger partial charge in [-0.05, 0) is 43.7 Å². The van der Waals surface area contributed by atoms with Crippen LogP contribution in [0.25, 0.3) is 20.8 Å². The molecule has 5 heterocycles. The van der Waals surface area contributed by atoms with Crippen LogP contribution >= 0.6 is 11.3 Å². The van der Waals surface area contributed by atoms with E-state index in [1.807, 2.05) is 43.5 Å². The van der Waals surface area contributed by atoms with Crippen molar-refractivity contribution < 1.29 is 4.74 Å². The molecule has 146 valence electrons. The molecule has 0 aliphatic carbocycles. The number of nitrogens with zero attached hydrogens (tertiary/aromatic N) is 4. The molecule has 7 nitrogen and oxygen atoms in total. The molecule has 0 unspecified atom stereocenters. The third kappa shape index (κ3) is 4.03. The van der Waals surface area contributed by atoms with Crippen LogP contribution in [0.1, 0.15) is 12.0 Å². The molecule has 0 saturated carbocycles. The van der Waals surface area contributed by atoms with Crippen LogP contribution in [-0.2, 0) is 0 Å². The number of hydrogen-bond donors (Lipinski definition) is 2. The van der Waals surface area contributed by atoms with Crippen molar-refractivity contribution in [1.29, 1.82) is 0 Å². The van der Waals surface area contributed by atoms with Gasteiger partial charge in [0.05, 0.1) is 10.2 Å². The second-order valence-electron chi connectivity index (χ2n) is 7.02. The fourth-order valence-electron chi connectivity index (χ4n) is 3.31. The second-order valence-corrected chi connectivity index (χ2v) is 8.05. The number of hydrogen-bond acceptors (Lipinski definition) is 8. The summed E-state index contributed by atoms with van der Waals surface area (Å²) >= 11 is 1.62. The van der Waals surface area contributed by atoms with Crippen LogP contribution in [-0.4, -0.2) is 39.1 Å². The standard InChI is InChI=1S/C21H20N6OS/c1-13-8-19(27-20(9-13)28-15-4-7-23-11-15)26-18-10-16-17(12-24-18)29-21(25-16)14-2-5-22-6-3-14/h2-3,5-6,8-10,12,15,23H,4,7,11H2,1H3,(H,24,26,27)/t15-/m0/s1. The Morgan fingerprint density at radius 1 is 1.14 bits per heavy atom. The van der Waals surface area contributed by atoms with Gasteiger partial charge in [-0.25, -0.2) is 9.97 Å². The summed E-state index contributed by atoms with van der Waals surface area (Å²) in [4.78, 5) is 17.9. The van der Waals surface area contributed by atoms with E-state index in [0.29, 0.717) is 17.5 Å². The summed E-state index contributed by atoms with van der Waals surface area (Å²) in [6.07, 6.45) is 6.57. The minimum atomic E-state index is 0.174. The monoisotopic (exact) mass is 404 g/mol. The van der Waals surface area contributed by atoms with Crippen molar-refractivity contribution in [3.05, 3.63) is 54.5 Å². The molecule has 8 heteroatoms. The Hall–Kier alpha value is -3.10. The van der Waals surface area contributed by atoms with Gasteiger partial charge in [-0.15, -0.1) is 11.3 Å². The van der Waals surface area contributed by atoms with Crippen molar-refractivity contribution in [2.45, 2.75) is 19.4 Å². The van der Waals surface area contributed by atoms with Crippen LogP contribution in [0.4, 0.5) is 11.6 Å². The number of thiazole rings is 1. The van der Waals surface area contributed by atoms with Crippen LogP contribution < -0.4 is 15.4 Å². The van der Waals surface area contributed by atoms with Gasteiger partial charge in [0.25, 0.3) is 0 Å². The van der Waals surface area contributed by atoms with E-state index in [-0.39, 0.29) is 6.10 Å². The van der Waals surface area contributed by atoms with Gasteiger partial charge in [0.2, 0.25) is 5.88 Å². The van der Waals surface area contributed by atoms with Crippen LogP contribution in [0.15, 0.2) is 48.9 Å². The summed E-state index contributed by atoms with van der Waals surface area (Å²) in [5.41, 5.74) is 3.04. The maximum Gasteiger partial charge on any atom is 0.215 e. The minimum Gasteiger partial charge on any atom is -0.473 e. The lowest BCUT2D eigenvalue weighted by Gasteiger charge is -2.13. The Labute approximate surface area is 172 Å². The zero-order valence-electron chi connectivity index (χ0n) is 15.9. The molecule has 0 bridgehead atoms. The zero-order valence-corrected chi connectivity index (χ0v) is 16.7. The molecule has 5 rings (SSSR count). The van der Waals surface area contributed by atoms with Gasteiger partial charge in [0.15, 0.2) is 0 Å². The average molecular weight is 404 g/mol. The first-order valence-electron chi connectivity index (χ1n) is 9.53. The van der Waals surface area contributed by atoms with Crippen LogP contribution in [0.5, 0.6) is 5.88 Å². The third-order valence-electron chi connectivity index (χ3n) is 4.71. The van der Waals surface area contributed by atoms with Crippen LogP contribution in [0.3, 0.4) is 0 Å². The van der Waals surface area contributed by atoms with Gasteiger partial charge in [0.1, 0.15) is 22.7 Å². The molecule has 29 heavy (non-hydrogen) atoms. The molecule has 4 aromatic heterocycles. The highest BCUT2D eigenvalue weighted by atomic mass is 32.1. The Morgan fingerprint density at radius 2 is 2.03 bits per heavy atom. The zero-order chi connectivity index (χ0) is 19.6. The van der Waals surface area contributed by atoms with Gasteiger partial charge >= 0.3 is 0 Å². The maximum atomic E-state index is 6.01. The molecule has 1 saturated heterocycles. The summed E-state index contributed by atoms with van der Waals surface area (Å²) in [7, 11) is 0. The highest BCUT2D eigenvalue weighted by Gasteiger charge is 2.17. The molecule has 1 aliphatic rings. The summed E-state index contributed by atoms with van der Waals surface area (Å²) in [6, 6.07) is 9.81. The quantitative estimate of drug-likeness (QED) is 0.521. The summed E-state index contributed by atoms with van der Waals surface area (Å²) < 4.78 is 7.05. The van der Waals surface area contributed by atoms with Crippen molar-refractivity contribution in [1.82, 2.24) is 25.3 Å². The lowest BCUT2D eigenvalue weighted by atomic mass is 10.3. The van der Waals surface area contributed by atoms with E-state index < -0.39 is 0 Å². The van der Waals surface area contributed by atoms with E-state index >= 15 is 0 Å². The molecule has 1 aliphatic heterocycles. The van der Waals surface area contributed by atoms with E-state index in [1.54, 1.807) is 23.7 Å². The molecule has 2 N–H and O–H groups in total. The lowest BCUT2D eigenvalue weighted by Crippen LogP contribution is -2.20. The lowest BCUT2D eigenvalue weighted by molar-refractivity contribution is 0.214. The number of aromatic nitrogens is 4. The third-order valence-corrected chi connectivity index (χ3v) is 5.76. The molecule has 0 aromatic carbocycles. The van der Waals surface area contributed by atoms with Crippen LogP contribution in [0.2, 0.25) is 0 Å². The van der Waals surface area contributed by atoms with Crippen molar-refractivity contribution in [3.63, 3.8) is 0 Å². The van der Waals surface area contributed by atoms with E-state index in [2.05, 4.69) is 25.6 Å². The number of aryl methyl sites for hydroxylation is 1. The predicted octanol–water partition coefficient (Wildman–Crippen LogP) is 3.94. The molecule has 4 aromatic rings. The van der Waals surface area contributed by atoms with Gasteiger partial charge in [-0.2, -0.15) is 4.98 Å². The molecular formula is C21H20N6OS. The summed E-state index contributed by atoms with van der Waals surface area (Å²) in [5.74, 6) is 2.05. The molecule has 0 radical (unpaired) electrons. The van der Waals surface area contributed by atoms with Crippen LogP contribution in [0, 0.1) is 6.92 Å². The number of rotatable bonds is 5. The van der Waals surface area contributed by atoms with Gasteiger partial charge in [0, 0.05) is 42.8 Å². The fraction of sp³-hybridized carbons (Fsp3) is 0.238. The highest BCUT2D eigenvalue weighted by molar-refractivity contribution is 7.21. The molecule has 1 fully saturated rings. The topological polar surface area (TPSA) is 84.9 Å². The Kier molecular flexibility index (Phi) is 4.79. The first-order valence-corrected chi connectivity index (χ1v) is 10.3. The molecular weight excluding hydrogens is 384 g/mol. The largest absolute Gasteiger partial charge is 0.473 e. The second kappa shape index (κ2) is 7.73. The summed E-state index contributed by atoms with van der Waals surface area (Å²) in [6.45, 7) is 3.88. The fourth-order valence-corrected chi connectivity index (χ4v) is 4.23. The SMILES string of the molecule is Cc1cc(Nc2cc3nc(-c4ccncc4)sc3cn2)nc(O[C@H]2CCNC2)c1. The number of anilines is 2. The highest BCUT2D eigenvalue weighted by Crippen LogP contribution is 2.31. The Morgan fingerprint density at radius 3 is 2.86 bits per heavy atom. The number of pyridine rings is 3. The van der Waals surface area contributed by atoms with Crippen molar-refractivity contribution in [3.8, 4) is 16.5 Å². The normalized spacial score (nSPS) is 16.2.